The Morgan fingerprint density at radius 2 is 1.88 bits per heavy atom. The summed E-state index contributed by atoms with van der Waals surface area (Å²) >= 11 is 12.1. The number of hydrazone groups is 1. The van der Waals surface area contributed by atoms with Crippen LogP contribution in [0, 0.1) is 0 Å². The van der Waals surface area contributed by atoms with Crippen molar-refractivity contribution in [3.63, 3.8) is 0 Å². The number of carbonyl (C=O) groups excluding carboxylic acids is 2. The second-order valence-corrected chi connectivity index (χ2v) is 6.36. The molecular formula is C17H13Cl2N5O2. The number of nitrogens with zero attached hydrogens (tertiary/aromatic N) is 4. The number of anilines is 1. The zero-order chi connectivity index (χ0) is 18.8. The van der Waals surface area contributed by atoms with E-state index in [0.717, 1.165) is 0 Å². The lowest BCUT2D eigenvalue weighted by Gasteiger charge is -2.14. The van der Waals surface area contributed by atoms with Gasteiger partial charge in [-0.15, -0.1) is 0 Å². The first-order valence-electron chi connectivity index (χ1n) is 7.51. The highest BCUT2D eigenvalue weighted by molar-refractivity contribution is 6.36. The van der Waals surface area contributed by atoms with Gasteiger partial charge in [-0.25, -0.2) is 0 Å². The average Bonchev–Trinajstić information content (AvgIpc) is 2.89. The number of hydrogen-bond donors (Lipinski definition) is 1. The number of benzene rings is 2. The molecule has 1 atom stereocenters. The first-order valence-corrected chi connectivity index (χ1v) is 8.27. The van der Waals surface area contributed by atoms with Crippen molar-refractivity contribution in [1.82, 2.24) is 0 Å². The highest BCUT2D eigenvalue weighted by Crippen LogP contribution is 2.32. The van der Waals surface area contributed by atoms with E-state index in [-0.39, 0.29) is 5.91 Å². The molecule has 1 aliphatic heterocycles. The minimum atomic E-state index is -0.860. The number of azo groups is 1. The van der Waals surface area contributed by atoms with Gasteiger partial charge in [0.25, 0.3) is 5.91 Å². The summed E-state index contributed by atoms with van der Waals surface area (Å²) in [6.45, 7) is 1.68. The summed E-state index contributed by atoms with van der Waals surface area (Å²) in [5.41, 5.74) is 6.89. The van der Waals surface area contributed by atoms with Crippen molar-refractivity contribution in [3.05, 3.63) is 58.1 Å². The third-order valence-electron chi connectivity index (χ3n) is 3.67. The normalized spacial score (nSPS) is 17.0. The molecule has 1 aliphatic rings. The van der Waals surface area contributed by atoms with Gasteiger partial charge in [0.1, 0.15) is 0 Å². The first kappa shape index (κ1) is 18.0. The van der Waals surface area contributed by atoms with Gasteiger partial charge in [0.05, 0.1) is 22.1 Å². The fraction of sp³-hybridized carbons (Fsp3) is 0.118. The number of primary amides is 1. The predicted octanol–water partition coefficient (Wildman–Crippen LogP) is 3.97. The molecule has 0 spiro atoms. The molecule has 0 aliphatic carbocycles. The van der Waals surface area contributed by atoms with E-state index in [2.05, 4.69) is 15.3 Å². The first-order chi connectivity index (χ1) is 12.4. The molecule has 2 aromatic carbocycles. The van der Waals surface area contributed by atoms with Gasteiger partial charge < -0.3 is 5.73 Å². The van der Waals surface area contributed by atoms with E-state index in [0.29, 0.717) is 32.7 Å². The zero-order valence-electron chi connectivity index (χ0n) is 13.6. The Balaban J connectivity index is 1.82. The summed E-state index contributed by atoms with van der Waals surface area (Å²) in [6.07, 6.45) is 0. The van der Waals surface area contributed by atoms with Crippen LogP contribution in [-0.4, -0.2) is 23.6 Å². The lowest BCUT2D eigenvalue weighted by molar-refractivity contribution is -0.117. The van der Waals surface area contributed by atoms with Gasteiger partial charge in [0.2, 0.25) is 5.91 Å². The Hall–Kier alpha value is -2.77. The maximum atomic E-state index is 12.6. The minimum Gasteiger partial charge on any atom is -0.366 e. The molecule has 0 radical (unpaired) electrons. The molecular weight excluding hydrogens is 377 g/mol. The highest BCUT2D eigenvalue weighted by atomic mass is 35.5. The molecule has 0 fully saturated rings. The molecule has 7 nitrogen and oxygen atoms in total. The molecule has 9 heteroatoms. The lowest BCUT2D eigenvalue weighted by atomic mass is 10.2. The van der Waals surface area contributed by atoms with E-state index < -0.39 is 11.9 Å². The van der Waals surface area contributed by atoms with Crippen molar-refractivity contribution in [3.8, 4) is 0 Å². The molecule has 0 bridgehead atoms. The summed E-state index contributed by atoms with van der Waals surface area (Å²) in [6, 6.07) is 10.1. The van der Waals surface area contributed by atoms with Crippen LogP contribution < -0.4 is 10.7 Å². The van der Waals surface area contributed by atoms with Gasteiger partial charge >= 0.3 is 0 Å². The van der Waals surface area contributed by atoms with E-state index in [4.69, 9.17) is 28.9 Å². The van der Waals surface area contributed by atoms with Crippen molar-refractivity contribution in [1.29, 1.82) is 0 Å². The monoisotopic (exact) mass is 389 g/mol. The topological polar surface area (TPSA) is 100 Å². The molecule has 1 unspecified atom stereocenters. The maximum Gasteiger partial charge on any atom is 0.280 e. The molecule has 2 N–H and O–H groups in total. The fourth-order valence-electron chi connectivity index (χ4n) is 2.33. The molecule has 2 amide bonds. The van der Waals surface area contributed by atoms with Gasteiger partial charge in [0.15, 0.2) is 6.04 Å². The number of nitrogens with two attached hydrogens (primary N) is 1. The van der Waals surface area contributed by atoms with Crippen molar-refractivity contribution >= 4 is 52.1 Å². The molecule has 0 saturated heterocycles. The van der Waals surface area contributed by atoms with Crippen molar-refractivity contribution < 1.29 is 9.59 Å². The van der Waals surface area contributed by atoms with Gasteiger partial charge in [-0.3, -0.25) is 9.59 Å². The summed E-state index contributed by atoms with van der Waals surface area (Å²) in [5.74, 6) is -0.916. The van der Waals surface area contributed by atoms with E-state index in [1.54, 1.807) is 37.3 Å². The Kier molecular flexibility index (Phi) is 5.01. The third-order valence-corrected chi connectivity index (χ3v) is 4.23. The third kappa shape index (κ3) is 3.58. The molecule has 0 saturated carbocycles. The standard InChI is InChI=1S/C17H13Cl2N5O2/c1-9-15(22-21-12-5-2-10(3-6-12)16(20)25)17(26)24(23-9)14-8-11(18)4-7-13(14)19/h2-8,15H,1H3,(H2,20,25). The Morgan fingerprint density at radius 1 is 1.19 bits per heavy atom. The maximum absolute atomic E-state index is 12.6. The van der Waals surface area contributed by atoms with Gasteiger partial charge in [-0.2, -0.15) is 20.3 Å². The number of amides is 2. The second kappa shape index (κ2) is 7.23. The zero-order valence-corrected chi connectivity index (χ0v) is 15.1. The Bertz CT molecular complexity index is 941. The van der Waals surface area contributed by atoms with Crippen LogP contribution in [0.5, 0.6) is 0 Å². The van der Waals surface area contributed by atoms with Crippen LogP contribution in [-0.2, 0) is 4.79 Å². The second-order valence-electron chi connectivity index (χ2n) is 5.52. The van der Waals surface area contributed by atoms with Crippen LogP contribution in [0.15, 0.2) is 57.8 Å². The Morgan fingerprint density at radius 3 is 2.54 bits per heavy atom. The van der Waals surface area contributed by atoms with Crippen molar-refractivity contribution in [2.75, 3.05) is 5.01 Å². The summed E-state index contributed by atoms with van der Waals surface area (Å²) < 4.78 is 0. The molecule has 2 aromatic rings. The van der Waals surface area contributed by atoms with Crippen LogP contribution >= 0.6 is 23.2 Å². The van der Waals surface area contributed by atoms with E-state index >= 15 is 0 Å². The quantitative estimate of drug-likeness (QED) is 0.799. The van der Waals surface area contributed by atoms with Crippen LogP contribution in [0.25, 0.3) is 0 Å². The van der Waals surface area contributed by atoms with E-state index in [1.165, 1.54) is 17.1 Å². The van der Waals surface area contributed by atoms with Crippen molar-refractivity contribution in [2.24, 2.45) is 21.1 Å². The summed E-state index contributed by atoms with van der Waals surface area (Å²) in [4.78, 5) is 23.7. The number of hydrogen-bond acceptors (Lipinski definition) is 5. The van der Waals surface area contributed by atoms with Crippen LogP contribution in [0.4, 0.5) is 11.4 Å². The van der Waals surface area contributed by atoms with Crippen LogP contribution in [0.2, 0.25) is 10.0 Å². The SMILES string of the molecule is CC1=NN(c2cc(Cl)ccc2Cl)C(=O)C1N=Nc1ccc(C(N)=O)cc1. The van der Waals surface area contributed by atoms with E-state index in [1.807, 2.05) is 0 Å². The fourth-order valence-corrected chi connectivity index (χ4v) is 2.69. The molecule has 26 heavy (non-hydrogen) atoms. The highest BCUT2D eigenvalue weighted by Gasteiger charge is 2.35. The number of rotatable bonds is 4. The lowest BCUT2D eigenvalue weighted by Crippen LogP contribution is -2.29. The average molecular weight is 390 g/mol. The van der Waals surface area contributed by atoms with Gasteiger partial charge in [-0.05, 0) is 49.4 Å². The van der Waals surface area contributed by atoms with Crippen molar-refractivity contribution in [2.45, 2.75) is 13.0 Å². The largest absolute Gasteiger partial charge is 0.366 e. The summed E-state index contributed by atoms with van der Waals surface area (Å²) in [7, 11) is 0. The number of halogens is 2. The Labute approximate surface area is 159 Å². The molecule has 3 rings (SSSR count). The summed E-state index contributed by atoms with van der Waals surface area (Å²) in [5, 5.41) is 14.3. The van der Waals surface area contributed by atoms with Crippen LogP contribution in [0.1, 0.15) is 17.3 Å². The number of carbonyl (C=O) groups is 2. The minimum absolute atomic E-state index is 0.346. The van der Waals surface area contributed by atoms with E-state index in [9.17, 15) is 9.59 Å². The molecule has 132 valence electrons. The predicted molar refractivity (Wildman–Crippen MR) is 100 cm³/mol. The van der Waals surface area contributed by atoms with Gasteiger partial charge in [0, 0.05) is 10.6 Å². The smallest absolute Gasteiger partial charge is 0.280 e. The molecule has 0 aromatic heterocycles. The molecule has 1 heterocycles. The van der Waals surface area contributed by atoms with Crippen LogP contribution in [0.3, 0.4) is 0 Å². The van der Waals surface area contributed by atoms with Gasteiger partial charge in [-0.1, -0.05) is 23.2 Å².